The predicted molar refractivity (Wildman–Crippen MR) is 61.8 cm³/mol. The quantitative estimate of drug-likeness (QED) is 0.640. The second kappa shape index (κ2) is 3.48. The number of pyridine rings is 1. The molecule has 3 rings (SSSR count). The molecule has 0 unspecified atom stereocenters. The number of carboxylic acid groups (broad SMARTS) is 1. The molecule has 2 aromatic heterocycles. The third-order valence-electron chi connectivity index (χ3n) is 2.54. The van der Waals surface area contributed by atoms with Crippen LogP contribution in [0.4, 0.5) is 0 Å². The minimum atomic E-state index is -0.987. The Morgan fingerprint density at radius 2 is 1.88 bits per heavy atom. The van der Waals surface area contributed by atoms with Gasteiger partial charge in [0.05, 0.1) is 16.6 Å². The van der Waals surface area contributed by atoms with Crippen molar-refractivity contribution in [1.82, 2.24) is 15.0 Å². The van der Waals surface area contributed by atoms with E-state index in [1.165, 1.54) is 6.20 Å². The number of hydrogen-bond donors (Lipinski definition) is 1. The Hall–Kier alpha value is -2.56. The van der Waals surface area contributed by atoms with E-state index in [1.54, 1.807) is 30.6 Å². The molecule has 5 nitrogen and oxygen atoms in total. The van der Waals surface area contributed by atoms with Crippen molar-refractivity contribution in [2.75, 3.05) is 0 Å². The summed E-state index contributed by atoms with van der Waals surface area (Å²) in [5.41, 5.74) is 2.26. The standard InChI is InChI=1S/C12H7N3O2/c16-12(17)8-5-7-1-2-9-11(10(7)15-6-8)14-4-3-13-9/h1-6H,(H,16,17). The average Bonchev–Trinajstić information content (AvgIpc) is 2.38. The van der Waals surface area contributed by atoms with Crippen LogP contribution in [0.1, 0.15) is 10.4 Å². The van der Waals surface area contributed by atoms with Gasteiger partial charge >= 0.3 is 5.97 Å². The number of aromatic carboxylic acids is 1. The zero-order valence-electron chi connectivity index (χ0n) is 8.66. The van der Waals surface area contributed by atoms with E-state index >= 15 is 0 Å². The highest BCUT2D eigenvalue weighted by atomic mass is 16.4. The zero-order valence-corrected chi connectivity index (χ0v) is 8.66. The van der Waals surface area contributed by atoms with Crippen molar-refractivity contribution < 1.29 is 9.90 Å². The molecule has 0 saturated heterocycles. The molecule has 0 saturated carbocycles. The summed E-state index contributed by atoms with van der Waals surface area (Å²) in [6.45, 7) is 0. The molecule has 0 radical (unpaired) electrons. The molecule has 1 N–H and O–H groups in total. The average molecular weight is 225 g/mol. The lowest BCUT2D eigenvalue weighted by atomic mass is 10.1. The number of aromatic nitrogens is 3. The highest BCUT2D eigenvalue weighted by Gasteiger charge is 2.07. The highest BCUT2D eigenvalue weighted by Crippen LogP contribution is 2.20. The Bertz CT molecular complexity index is 740. The van der Waals surface area contributed by atoms with Crippen molar-refractivity contribution in [2.45, 2.75) is 0 Å². The maximum absolute atomic E-state index is 10.8. The SMILES string of the molecule is O=C(O)c1cnc2c(ccc3nccnc32)c1. The van der Waals surface area contributed by atoms with Gasteiger partial charge in [-0.1, -0.05) is 6.07 Å². The van der Waals surface area contributed by atoms with Crippen LogP contribution in [0.5, 0.6) is 0 Å². The van der Waals surface area contributed by atoms with Gasteiger partial charge in [0.15, 0.2) is 0 Å². The van der Waals surface area contributed by atoms with Crippen molar-refractivity contribution in [3.05, 3.63) is 42.4 Å². The molecule has 2 heterocycles. The van der Waals surface area contributed by atoms with E-state index in [9.17, 15) is 4.79 Å². The molecule has 0 atom stereocenters. The maximum atomic E-state index is 10.8. The summed E-state index contributed by atoms with van der Waals surface area (Å²) in [6.07, 6.45) is 4.53. The Kier molecular flexibility index (Phi) is 1.98. The monoisotopic (exact) mass is 225 g/mol. The Morgan fingerprint density at radius 3 is 2.71 bits per heavy atom. The number of hydrogen-bond acceptors (Lipinski definition) is 4. The summed E-state index contributed by atoms with van der Waals surface area (Å²) in [7, 11) is 0. The van der Waals surface area contributed by atoms with E-state index in [0.717, 1.165) is 10.9 Å². The van der Waals surface area contributed by atoms with Gasteiger partial charge in [-0.25, -0.2) is 4.79 Å². The van der Waals surface area contributed by atoms with Crippen LogP contribution in [-0.4, -0.2) is 26.0 Å². The first kappa shape index (κ1) is 9.65. The van der Waals surface area contributed by atoms with E-state index in [0.29, 0.717) is 11.0 Å². The van der Waals surface area contributed by atoms with Gasteiger partial charge in [0.2, 0.25) is 0 Å². The minimum Gasteiger partial charge on any atom is -0.478 e. The van der Waals surface area contributed by atoms with Gasteiger partial charge in [0, 0.05) is 24.0 Å². The molecule has 0 aliphatic rings. The maximum Gasteiger partial charge on any atom is 0.337 e. The van der Waals surface area contributed by atoms with E-state index in [2.05, 4.69) is 15.0 Å². The van der Waals surface area contributed by atoms with Crippen molar-refractivity contribution in [1.29, 1.82) is 0 Å². The number of benzene rings is 1. The lowest BCUT2D eigenvalue weighted by Gasteiger charge is -2.02. The Morgan fingerprint density at radius 1 is 1.06 bits per heavy atom. The van der Waals surface area contributed by atoms with Gasteiger partial charge < -0.3 is 5.11 Å². The highest BCUT2D eigenvalue weighted by molar-refractivity contribution is 6.03. The summed E-state index contributed by atoms with van der Waals surface area (Å²) in [5, 5.41) is 9.64. The van der Waals surface area contributed by atoms with Gasteiger partial charge in [-0.2, -0.15) is 0 Å². The molecular weight excluding hydrogens is 218 g/mol. The van der Waals surface area contributed by atoms with E-state index < -0.39 is 5.97 Å². The molecule has 0 bridgehead atoms. The molecule has 0 amide bonds. The fourth-order valence-corrected chi connectivity index (χ4v) is 1.75. The first-order chi connectivity index (χ1) is 8.25. The molecule has 5 heteroatoms. The molecule has 0 aliphatic carbocycles. The van der Waals surface area contributed by atoms with Crippen LogP contribution in [0.3, 0.4) is 0 Å². The summed E-state index contributed by atoms with van der Waals surface area (Å²) < 4.78 is 0. The van der Waals surface area contributed by atoms with Crippen molar-refractivity contribution >= 4 is 27.9 Å². The molecule has 0 fully saturated rings. The molecule has 17 heavy (non-hydrogen) atoms. The van der Waals surface area contributed by atoms with Gasteiger partial charge in [0.25, 0.3) is 0 Å². The summed E-state index contributed by atoms with van der Waals surface area (Å²) in [5.74, 6) is -0.987. The van der Waals surface area contributed by atoms with Gasteiger partial charge in [0.1, 0.15) is 5.52 Å². The smallest absolute Gasteiger partial charge is 0.337 e. The second-order valence-electron chi connectivity index (χ2n) is 3.59. The first-order valence-electron chi connectivity index (χ1n) is 4.98. The van der Waals surface area contributed by atoms with Crippen LogP contribution >= 0.6 is 0 Å². The van der Waals surface area contributed by atoms with Gasteiger partial charge in [-0.15, -0.1) is 0 Å². The molecule has 3 aromatic rings. The van der Waals surface area contributed by atoms with E-state index in [4.69, 9.17) is 5.11 Å². The van der Waals surface area contributed by atoms with Crippen molar-refractivity contribution in [2.24, 2.45) is 0 Å². The normalized spacial score (nSPS) is 10.8. The molecule has 0 spiro atoms. The molecule has 0 aliphatic heterocycles. The van der Waals surface area contributed by atoms with Crippen LogP contribution in [0.2, 0.25) is 0 Å². The van der Waals surface area contributed by atoms with Crippen LogP contribution in [0.25, 0.3) is 21.9 Å². The van der Waals surface area contributed by atoms with Crippen LogP contribution in [0.15, 0.2) is 36.8 Å². The third kappa shape index (κ3) is 1.48. The van der Waals surface area contributed by atoms with Gasteiger partial charge in [-0.05, 0) is 12.1 Å². The zero-order chi connectivity index (χ0) is 11.8. The van der Waals surface area contributed by atoms with Crippen molar-refractivity contribution in [3.8, 4) is 0 Å². The molecule has 82 valence electrons. The Balaban J connectivity index is 2.41. The third-order valence-corrected chi connectivity index (χ3v) is 2.54. The number of nitrogens with zero attached hydrogens (tertiary/aromatic N) is 3. The first-order valence-corrected chi connectivity index (χ1v) is 4.98. The lowest BCUT2D eigenvalue weighted by molar-refractivity contribution is 0.0696. The summed E-state index contributed by atoms with van der Waals surface area (Å²) in [6, 6.07) is 5.18. The molecule has 1 aromatic carbocycles. The Labute approximate surface area is 95.8 Å². The number of rotatable bonds is 1. The lowest BCUT2D eigenvalue weighted by Crippen LogP contribution is -1.97. The largest absolute Gasteiger partial charge is 0.478 e. The summed E-state index contributed by atoms with van der Waals surface area (Å²) in [4.78, 5) is 23.4. The summed E-state index contributed by atoms with van der Waals surface area (Å²) >= 11 is 0. The van der Waals surface area contributed by atoms with E-state index in [-0.39, 0.29) is 5.56 Å². The minimum absolute atomic E-state index is 0.167. The topological polar surface area (TPSA) is 76.0 Å². The fraction of sp³-hybridized carbons (Fsp3) is 0. The van der Waals surface area contributed by atoms with Crippen LogP contribution in [-0.2, 0) is 0 Å². The van der Waals surface area contributed by atoms with Crippen molar-refractivity contribution in [3.63, 3.8) is 0 Å². The number of carboxylic acids is 1. The van der Waals surface area contributed by atoms with Crippen LogP contribution < -0.4 is 0 Å². The number of carbonyl (C=O) groups is 1. The predicted octanol–water partition coefficient (Wildman–Crippen LogP) is 1.88. The second-order valence-corrected chi connectivity index (χ2v) is 3.59. The van der Waals surface area contributed by atoms with E-state index in [1.807, 2.05) is 0 Å². The number of fused-ring (bicyclic) bond motifs is 3. The van der Waals surface area contributed by atoms with Crippen LogP contribution in [0, 0.1) is 0 Å². The van der Waals surface area contributed by atoms with Gasteiger partial charge in [-0.3, -0.25) is 15.0 Å². The fourth-order valence-electron chi connectivity index (χ4n) is 1.75. The molecular formula is C12H7N3O2.